The Labute approximate surface area is 239 Å². The SMILES string of the molecule is COc1cc(C=Nn2c(C3CCCCC3)nc3ccccc3c2=O)c(Br)c(Cl)c1OCc1ccc(Cl)cc1. The van der Waals surface area contributed by atoms with Crippen LogP contribution in [0.2, 0.25) is 10.0 Å². The molecule has 6 nitrogen and oxygen atoms in total. The standard InChI is InChI=1S/C29H26BrCl2N3O3/c1-37-24-15-20(25(30)26(32)27(24)38-17-18-11-13-21(31)14-12-18)16-33-35-28(19-7-3-2-4-8-19)34-23-10-6-5-9-22(23)29(35)36/h5-6,9-16,19H,2-4,7-8,17H2,1H3. The van der Waals surface area contributed by atoms with Crippen molar-refractivity contribution in [2.24, 2.45) is 5.10 Å². The molecular weight excluding hydrogens is 589 g/mol. The molecule has 0 bridgehead atoms. The van der Waals surface area contributed by atoms with Crippen molar-refractivity contribution in [1.29, 1.82) is 0 Å². The number of para-hydroxylation sites is 1. The van der Waals surface area contributed by atoms with Crippen LogP contribution in [0.5, 0.6) is 11.5 Å². The summed E-state index contributed by atoms with van der Waals surface area (Å²) in [7, 11) is 1.55. The van der Waals surface area contributed by atoms with Gasteiger partial charge in [0, 0.05) is 21.0 Å². The summed E-state index contributed by atoms with van der Waals surface area (Å²) >= 11 is 16.3. The quantitative estimate of drug-likeness (QED) is 0.198. The van der Waals surface area contributed by atoms with Crippen molar-refractivity contribution in [1.82, 2.24) is 9.66 Å². The van der Waals surface area contributed by atoms with Gasteiger partial charge >= 0.3 is 0 Å². The zero-order chi connectivity index (χ0) is 26.6. The van der Waals surface area contributed by atoms with Crippen LogP contribution in [0.15, 0.2) is 69.0 Å². The summed E-state index contributed by atoms with van der Waals surface area (Å²) in [5.74, 6) is 1.73. The fraction of sp³-hybridized carbons (Fsp3) is 0.276. The zero-order valence-corrected chi connectivity index (χ0v) is 23.9. The number of methoxy groups -OCH3 is 1. The molecule has 0 unspecified atom stereocenters. The van der Waals surface area contributed by atoms with Crippen molar-refractivity contribution < 1.29 is 9.47 Å². The first-order valence-corrected chi connectivity index (χ1v) is 14.0. The molecule has 3 aromatic carbocycles. The average Bonchev–Trinajstić information content (AvgIpc) is 2.95. The van der Waals surface area contributed by atoms with Crippen molar-refractivity contribution in [3.05, 3.63) is 96.4 Å². The Hall–Kier alpha value is -2.87. The van der Waals surface area contributed by atoms with E-state index < -0.39 is 0 Å². The van der Waals surface area contributed by atoms with Gasteiger partial charge in [-0.3, -0.25) is 4.79 Å². The first kappa shape index (κ1) is 26.7. The van der Waals surface area contributed by atoms with Crippen LogP contribution in [0.1, 0.15) is 55.0 Å². The maximum atomic E-state index is 13.5. The molecule has 9 heteroatoms. The third-order valence-corrected chi connectivity index (χ3v) is 8.43. The number of ether oxygens (including phenoxy) is 2. The minimum absolute atomic E-state index is 0.184. The van der Waals surface area contributed by atoms with Crippen LogP contribution in [-0.4, -0.2) is 23.0 Å². The van der Waals surface area contributed by atoms with Crippen LogP contribution in [0.25, 0.3) is 10.9 Å². The van der Waals surface area contributed by atoms with Crippen molar-refractivity contribution in [3.63, 3.8) is 0 Å². The molecule has 1 aromatic heterocycles. The smallest absolute Gasteiger partial charge is 0.282 e. The summed E-state index contributed by atoms with van der Waals surface area (Å²) in [4.78, 5) is 18.4. The van der Waals surface area contributed by atoms with Gasteiger partial charge in [0.1, 0.15) is 17.5 Å². The molecule has 1 aliphatic carbocycles. The zero-order valence-electron chi connectivity index (χ0n) is 20.8. The van der Waals surface area contributed by atoms with E-state index in [-0.39, 0.29) is 18.1 Å². The van der Waals surface area contributed by atoms with E-state index in [9.17, 15) is 4.79 Å². The second kappa shape index (κ2) is 11.9. The highest BCUT2D eigenvalue weighted by Gasteiger charge is 2.23. The van der Waals surface area contributed by atoms with Gasteiger partial charge in [-0.15, -0.1) is 0 Å². The summed E-state index contributed by atoms with van der Waals surface area (Å²) in [5.41, 5.74) is 2.08. The lowest BCUT2D eigenvalue weighted by atomic mass is 9.88. The van der Waals surface area contributed by atoms with Gasteiger partial charge in [-0.2, -0.15) is 9.78 Å². The molecule has 1 fully saturated rings. The summed E-state index contributed by atoms with van der Waals surface area (Å²) in [6, 6.07) is 16.6. The first-order chi connectivity index (χ1) is 18.5. The highest BCUT2D eigenvalue weighted by atomic mass is 79.9. The predicted octanol–water partition coefficient (Wildman–Crippen LogP) is 7.98. The maximum Gasteiger partial charge on any atom is 0.282 e. The number of halogens is 3. The molecule has 0 radical (unpaired) electrons. The number of rotatable bonds is 7. The number of nitrogens with zero attached hydrogens (tertiary/aromatic N) is 3. The average molecular weight is 615 g/mol. The number of aromatic nitrogens is 2. The molecule has 0 saturated heterocycles. The monoisotopic (exact) mass is 613 g/mol. The molecule has 0 spiro atoms. The van der Waals surface area contributed by atoms with Crippen molar-refractivity contribution >= 4 is 56.2 Å². The molecular formula is C29H26BrCl2N3O3. The van der Waals surface area contributed by atoms with Crippen LogP contribution in [-0.2, 0) is 6.61 Å². The van der Waals surface area contributed by atoms with Crippen LogP contribution >= 0.6 is 39.1 Å². The summed E-state index contributed by atoms with van der Waals surface area (Å²) in [6.07, 6.45) is 7.02. The van der Waals surface area contributed by atoms with Gasteiger partial charge < -0.3 is 9.47 Å². The molecule has 0 amide bonds. The minimum atomic E-state index is -0.190. The van der Waals surface area contributed by atoms with Crippen LogP contribution in [0.4, 0.5) is 0 Å². The summed E-state index contributed by atoms with van der Waals surface area (Å²) in [6.45, 7) is 0.288. The van der Waals surface area contributed by atoms with Crippen molar-refractivity contribution in [3.8, 4) is 11.5 Å². The van der Waals surface area contributed by atoms with Gasteiger partial charge in [0.15, 0.2) is 11.5 Å². The number of benzene rings is 3. The van der Waals surface area contributed by atoms with Gasteiger partial charge in [0.05, 0.1) is 24.2 Å². The summed E-state index contributed by atoms with van der Waals surface area (Å²) in [5, 5.41) is 6.16. The highest BCUT2D eigenvalue weighted by molar-refractivity contribution is 9.10. The summed E-state index contributed by atoms with van der Waals surface area (Å²) < 4.78 is 13.6. The van der Waals surface area contributed by atoms with E-state index in [2.05, 4.69) is 21.0 Å². The Balaban J connectivity index is 1.51. The molecule has 196 valence electrons. The number of fused-ring (bicyclic) bond motifs is 1. The normalized spacial score (nSPS) is 14.3. The molecule has 0 aliphatic heterocycles. The number of hydrogen-bond acceptors (Lipinski definition) is 5. The maximum absolute atomic E-state index is 13.5. The van der Waals surface area contributed by atoms with Crippen molar-refractivity contribution in [2.75, 3.05) is 7.11 Å². The van der Waals surface area contributed by atoms with Gasteiger partial charge in [0.2, 0.25) is 0 Å². The Morgan fingerprint density at radius 3 is 2.58 bits per heavy atom. The van der Waals surface area contributed by atoms with Gasteiger partial charge in [-0.1, -0.05) is 66.7 Å². The Morgan fingerprint density at radius 1 is 1.11 bits per heavy atom. The van der Waals surface area contributed by atoms with Gasteiger partial charge in [0.25, 0.3) is 5.56 Å². The van der Waals surface area contributed by atoms with Gasteiger partial charge in [-0.05, 0) is 64.7 Å². The van der Waals surface area contributed by atoms with E-state index in [1.54, 1.807) is 37.6 Å². The molecule has 0 N–H and O–H groups in total. The third-order valence-electron chi connectivity index (χ3n) is 6.73. The first-order valence-electron chi connectivity index (χ1n) is 12.5. The molecule has 4 aromatic rings. The Kier molecular flexibility index (Phi) is 8.36. The van der Waals surface area contributed by atoms with E-state index in [0.717, 1.165) is 31.2 Å². The molecule has 1 aliphatic rings. The largest absolute Gasteiger partial charge is 0.493 e. The highest BCUT2D eigenvalue weighted by Crippen LogP contribution is 2.42. The second-order valence-corrected chi connectivity index (χ2v) is 10.8. The lowest BCUT2D eigenvalue weighted by Crippen LogP contribution is -2.25. The topological polar surface area (TPSA) is 65.7 Å². The van der Waals surface area contributed by atoms with Crippen LogP contribution in [0, 0.1) is 0 Å². The van der Waals surface area contributed by atoms with E-state index in [1.165, 1.54) is 11.1 Å². The lowest BCUT2D eigenvalue weighted by Gasteiger charge is -2.22. The Bertz CT molecular complexity index is 1550. The second-order valence-electron chi connectivity index (χ2n) is 9.22. The van der Waals surface area contributed by atoms with Gasteiger partial charge in [-0.25, -0.2) is 4.98 Å². The van der Waals surface area contributed by atoms with E-state index in [0.29, 0.717) is 48.3 Å². The molecule has 0 atom stereocenters. The van der Waals surface area contributed by atoms with Crippen LogP contribution < -0.4 is 15.0 Å². The Morgan fingerprint density at radius 2 is 1.84 bits per heavy atom. The van der Waals surface area contributed by atoms with E-state index in [1.807, 2.05) is 30.3 Å². The van der Waals surface area contributed by atoms with E-state index in [4.69, 9.17) is 37.7 Å². The third kappa shape index (κ3) is 5.60. The van der Waals surface area contributed by atoms with Crippen molar-refractivity contribution in [2.45, 2.75) is 44.6 Å². The minimum Gasteiger partial charge on any atom is -0.493 e. The molecule has 1 heterocycles. The van der Waals surface area contributed by atoms with Crippen LogP contribution in [0.3, 0.4) is 0 Å². The molecule has 38 heavy (non-hydrogen) atoms. The number of hydrogen-bond donors (Lipinski definition) is 0. The predicted molar refractivity (Wildman–Crippen MR) is 156 cm³/mol. The fourth-order valence-corrected chi connectivity index (χ4v) is 5.50. The molecule has 1 saturated carbocycles. The molecule has 5 rings (SSSR count). The fourth-order valence-electron chi connectivity index (χ4n) is 4.72. The van der Waals surface area contributed by atoms with E-state index >= 15 is 0 Å². The lowest BCUT2D eigenvalue weighted by molar-refractivity contribution is 0.284.